The summed E-state index contributed by atoms with van der Waals surface area (Å²) in [4.78, 5) is 15.4. The van der Waals surface area contributed by atoms with E-state index < -0.39 is 17.5 Å². The summed E-state index contributed by atoms with van der Waals surface area (Å²) in [6, 6.07) is 16.4. The van der Waals surface area contributed by atoms with Crippen LogP contribution in [0.2, 0.25) is 0 Å². The van der Waals surface area contributed by atoms with Gasteiger partial charge in [-0.15, -0.1) is 18.3 Å². The number of aromatic hydroxyl groups is 1. The molecule has 35 heavy (non-hydrogen) atoms. The lowest BCUT2D eigenvalue weighted by atomic mass is 9.78. The molecule has 3 aromatic rings. The first-order valence-electron chi connectivity index (χ1n) is 11.2. The molecule has 8 nitrogen and oxygen atoms in total. The van der Waals surface area contributed by atoms with Crippen LogP contribution in [0.1, 0.15) is 24.0 Å². The number of guanidine groups is 1. The van der Waals surface area contributed by atoms with Gasteiger partial charge in [0.25, 0.3) is 0 Å². The normalized spacial score (nSPS) is 13.4. The van der Waals surface area contributed by atoms with Crippen molar-refractivity contribution in [3.63, 3.8) is 0 Å². The molecule has 0 unspecified atom stereocenters. The van der Waals surface area contributed by atoms with Gasteiger partial charge in [-0.2, -0.15) is 5.10 Å². The molecule has 3 rings (SSSR count). The number of fused-ring (bicyclic) bond motifs is 1. The van der Waals surface area contributed by atoms with Crippen molar-refractivity contribution in [3.8, 4) is 5.75 Å². The molecule has 0 aliphatic heterocycles. The molecule has 0 spiro atoms. The van der Waals surface area contributed by atoms with Crippen molar-refractivity contribution in [2.24, 2.45) is 27.6 Å². The highest BCUT2D eigenvalue weighted by Gasteiger charge is 2.34. The molecule has 182 valence electrons. The van der Waals surface area contributed by atoms with Gasteiger partial charge in [0.15, 0.2) is 0 Å². The minimum atomic E-state index is -0.617. The Labute approximate surface area is 204 Å². The Morgan fingerprint density at radius 1 is 1.06 bits per heavy atom. The van der Waals surface area contributed by atoms with Crippen LogP contribution >= 0.6 is 0 Å². The molecule has 2 aromatic carbocycles. The van der Waals surface area contributed by atoms with Crippen molar-refractivity contribution in [1.29, 1.82) is 0 Å². The quantitative estimate of drug-likeness (QED) is 0.128. The third-order valence-corrected chi connectivity index (χ3v) is 5.78. The number of hydrogen-bond acceptors (Lipinski definition) is 6. The van der Waals surface area contributed by atoms with Crippen LogP contribution in [0.5, 0.6) is 5.75 Å². The van der Waals surface area contributed by atoms with Crippen LogP contribution in [0.15, 0.2) is 99.3 Å². The molecule has 0 bridgehead atoms. The van der Waals surface area contributed by atoms with Crippen molar-refractivity contribution in [2.75, 3.05) is 19.6 Å². The standard InChI is InChI=1S/C27H31N5O3/c1-4-15-32(16-5-2)17-21(18(3)30-31-27(28)29)23(19-11-7-6-8-12-19)24-25(33)20-13-9-10-14-22(20)35-26(24)34/h4-14,21,23,33H,1-2,15-17H2,3H3,(H4,28,29,31)/b30-18-/t21-,23+/m0/s1. The first-order valence-corrected chi connectivity index (χ1v) is 11.2. The fourth-order valence-electron chi connectivity index (χ4n) is 4.24. The molecular weight excluding hydrogens is 442 g/mol. The molecule has 0 radical (unpaired) electrons. The summed E-state index contributed by atoms with van der Waals surface area (Å²) in [6.45, 7) is 11.1. The molecule has 0 saturated heterocycles. The lowest BCUT2D eigenvalue weighted by molar-refractivity contribution is 0.293. The summed E-state index contributed by atoms with van der Waals surface area (Å²) in [5.41, 5.74) is 12.3. The van der Waals surface area contributed by atoms with E-state index in [1.54, 1.807) is 43.3 Å². The Morgan fingerprint density at radius 3 is 2.31 bits per heavy atom. The van der Waals surface area contributed by atoms with Gasteiger partial charge in [-0.3, -0.25) is 4.90 Å². The molecule has 0 aliphatic rings. The minimum absolute atomic E-state index is 0.121. The molecule has 1 heterocycles. The van der Waals surface area contributed by atoms with E-state index in [0.29, 0.717) is 36.3 Å². The Hall–Kier alpha value is -4.17. The number of nitrogens with zero attached hydrogens (tertiary/aromatic N) is 3. The zero-order valence-corrected chi connectivity index (χ0v) is 19.8. The number of hydrogen-bond donors (Lipinski definition) is 3. The van der Waals surface area contributed by atoms with Crippen molar-refractivity contribution >= 4 is 22.6 Å². The number of para-hydroxylation sites is 1. The lowest BCUT2D eigenvalue weighted by Gasteiger charge is -2.32. The predicted molar refractivity (Wildman–Crippen MR) is 142 cm³/mol. The molecule has 5 N–H and O–H groups in total. The average Bonchev–Trinajstić information content (AvgIpc) is 2.84. The van der Waals surface area contributed by atoms with Crippen LogP contribution in [0, 0.1) is 5.92 Å². The second kappa shape index (κ2) is 11.8. The van der Waals surface area contributed by atoms with Crippen LogP contribution in [0.3, 0.4) is 0 Å². The number of rotatable bonds is 11. The van der Waals surface area contributed by atoms with Gasteiger partial charge >= 0.3 is 5.63 Å². The van der Waals surface area contributed by atoms with Gasteiger partial charge < -0.3 is 21.0 Å². The van der Waals surface area contributed by atoms with E-state index in [2.05, 4.69) is 28.3 Å². The third-order valence-electron chi connectivity index (χ3n) is 5.78. The van der Waals surface area contributed by atoms with Gasteiger partial charge in [0, 0.05) is 37.2 Å². The summed E-state index contributed by atoms with van der Waals surface area (Å²) in [7, 11) is 0. The highest BCUT2D eigenvalue weighted by atomic mass is 16.4. The molecule has 0 saturated carbocycles. The van der Waals surface area contributed by atoms with Gasteiger partial charge in [-0.05, 0) is 24.6 Å². The minimum Gasteiger partial charge on any atom is -0.507 e. The summed E-state index contributed by atoms with van der Waals surface area (Å²) in [5.74, 6) is -1.31. The monoisotopic (exact) mass is 473 g/mol. The molecule has 0 fully saturated rings. The topological polar surface area (TPSA) is 130 Å². The van der Waals surface area contributed by atoms with E-state index in [9.17, 15) is 9.90 Å². The van der Waals surface area contributed by atoms with Gasteiger partial charge in [-0.1, -0.05) is 54.6 Å². The molecule has 2 atom stereocenters. The summed E-state index contributed by atoms with van der Waals surface area (Å²) >= 11 is 0. The van der Waals surface area contributed by atoms with Crippen molar-refractivity contribution < 1.29 is 9.52 Å². The maximum Gasteiger partial charge on any atom is 0.343 e. The molecule has 1 aromatic heterocycles. The summed E-state index contributed by atoms with van der Waals surface area (Å²) in [6.07, 6.45) is 3.59. The summed E-state index contributed by atoms with van der Waals surface area (Å²) in [5, 5.41) is 19.9. The molecule has 8 heteroatoms. The van der Waals surface area contributed by atoms with E-state index in [1.165, 1.54) is 0 Å². The summed E-state index contributed by atoms with van der Waals surface area (Å²) < 4.78 is 5.64. The van der Waals surface area contributed by atoms with Gasteiger partial charge in [-0.25, -0.2) is 4.79 Å². The lowest BCUT2D eigenvalue weighted by Crippen LogP contribution is -2.37. The molecular formula is C27H31N5O3. The Bertz CT molecular complexity index is 1280. The third kappa shape index (κ3) is 6.04. The maximum atomic E-state index is 13.3. The largest absolute Gasteiger partial charge is 0.507 e. The van der Waals surface area contributed by atoms with E-state index in [-0.39, 0.29) is 17.3 Å². The van der Waals surface area contributed by atoms with Crippen LogP contribution in [0.25, 0.3) is 11.0 Å². The van der Waals surface area contributed by atoms with Gasteiger partial charge in [0.1, 0.15) is 11.3 Å². The zero-order valence-electron chi connectivity index (χ0n) is 19.8. The Kier molecular flexibility index (Phi) is 8.58. The molecule has 0 amide bonds. The van der Waals surface area contributed by atoms with E-state index in [1.807, 2.05) is 30.3 Å². The van der Waals surface area contributed by atoms with Crippen LogP contribution < -0.4 is 17.1 Å². The van der Waals surface area contributed by atoms with Gasteiger partial charge in [0.2, 0.25) is 5.96 Å². The van der Waals surface area contributed by atoms with Crippen LogP contribution in [-0.4, -0.2) is 41.3 Å². The van der Waals surface area contributed by atoms with Gasteiger partial charge in [0.05, 0.1) is 10.9 Å². The Morgan fingerprint density at radius 2 is 1.69 bits per heavy atom. The van der Waals surface area contributed by atoms with Crippen molar-refractivity contribution in [1.82, 2.24) is 4.90 Å². The SMILES string of the molecule is C=CCN(CC=C)C[C@@H](/C(C)=N\N=C(N)N)[C@@H](c1ccccc1)c1c(O)c2ccccc2oc1=O. The maximum absolute atomic E-state index is 13.3. The first-order chi connectivity index (χ1) is 16.9. The first kappa shape index (κ1) is 25.5. The number of benzene rings is 2. The van der Waals surface area contributed by atoms with Crippen molar-refractivity contribution in [3.05, 3.63) is 101 Å². The Balaban J connectivity index is 2.30. The highest BCUT2D eigenvalue weighted by molar-refractivity contribution is 5.89. The highest BCUT2D eigenvalue weighted by Crippen LogP contribution is 2.39. The number of nitrogens with two attached hydrogens (primary N) is 2. The van der Waals surface area contributed by atoms with Crippen LogP contribution in [0.4, 0.5) is 0 Å². The van der Waals surface area contributed by atoms with E-state index >= 15 is 0 Å². The fraction of sp³-hybridized carbons (Fsp3) is 0.222. The smallest absolute Gasteiger partial charge is 0.343 e. The molecule has 0 aliphatic carbocycles. The predicted octanol–water partition coefficient (Wildman–Crippen LogP) is 3.57. The van der Waals surface area contributed by atoms with E-state index in [4.69, 9.17) is 15.9 Å². The van der Waals surface area contributed by atoms with E-state index in [0.717, 1.165) is 5.56 Å². The van der Waals surface area contributed by atoms with Crippen LogP contribution in [-0.2, 0) is 0 Å². The fourth-order valence-corrected chi connectivity index (χ4v) is 4.24. The zero-order chi connectivity index (χ0) is 25.4. The average molecular weight is 474 g/mol. The van der Waals surface area contributed by atoms with Crippen molar-refractivity contribution in [2.45, 2.75) is 12.8 Å². The second-order valence-corrected chi connectivity index (χ2v) is 8.20. The second-order valence-electron chi connectivity index (χ2n) is 8.20.